The van der Waals surface area contributed by atoms with Crippen molar-refractivity contribution in [3.8, 4) is 0 Å². The van der Waals surface area contributed by atoms with Crippen molar-refractivity contribution >= 4 is 11.8 Å². The van der Waals surface area contributed by atoms with Gasteiger partial charge in [-0.15, -0.1) is 0 Å². The summed E-state index contributed by atoms with van der Waals surface area (Å²) < 4.78 is 0. The third-order valence-electron chi connectivity index (χ3n) is 4.02. The van der Waals surface area contributed by atoms with E-state index in [0.717, 1.165) is 30.5 Å². The van der Waals surface area contributed by atoms with Crippen LogP contribution in [-0.4, -0.2) is 21.0 Å². The van der Waals surface area contributed by atoms with Crippen molar-refractivity contribution in [3.05, 3.63) is 53.5 Å². The fourth-order valence-corrected chi connectivity index (χ4v) is 2.72. The molecule has 1 aliphatic carbocycles. The molecular weight excluding hydrogens is 266 g/mol. The summed E-state index contributed by atoms with van der Waals surface area (Å²) >= 11 is 0. The molecule has 0 fully saturated rings. The number of aromatic nitrogens is 2. The second-order valence-corrected chi connectivity index (χ2v) is 5.42. The van der Waals surface area contributed by atoms with E-state index in [1.165, 1.54) is 6.33 Å². The third kappa shape index (κ3) is 2.35. The molecule has 0 aliphatic heterocycles. The molecule has 5 heteroatoms. The van der Waals surface area contributed by atoms with Crippen molar-refractivity contribution in [1.82, 2.24) is 9.97 Å². The van der Waals surface area contributed by atoms with Crippen molar-refractivity contribution in [2.75, 3.05) is 5.32 Å². The average Bonchev–Trinajstić information content (AvgIpc) is 2.97. The molecular formula is C16H17N3O2. The normalized spacial score (nSPS) is 16.0. The van der Waals surface area contributed by atoms with Gasteiger partial charge in [0, 0.05) is 11.3 Å². The highest BCUT2D eigenvalue weighted by Gasteiger charge is 2.36. The summed E-state index contributed by atoms with van der Waals surface area (Å²) in [6.45, 7) is 1.66. The molecule has 1 aromatic heterocycles. The lowest BCUT2D eigenvalue weighted by atomic mass is 9.92. The highest BCUT2D eigenvalue weighted by atomic mass is 16.4. The molecule has 0 radical (unpaired) electrons. The van der Waals surface area contributed by atoms with Gasteiger partial charge in [0.2, 0.25) is 0 Å². The van der Waals surface area contributed by atoms with E-state index in [1.807, 2.05) is 30.3 Å². The lowest BCUT2D eigenvalue weighted by Crippen LogP contribution is -2.41. The zero-order valence-corrected chi connectivity index (χ0v) is 11.8. The molecule has 1 heterocycles. The topological polar surface area (TPSA) is 75.1 Å². The Morgan fingerprint density at radius 3 is 2.71 bits per heavy atom. The highest BCUT2D eigenvalue weighted by molar-refractivity contribution is 5.84. The summed E-state index contributed by atoms with van der Waals surface area (Å²) in [6, 6.07) is 9.16. The second kappa shape index (κ2) is 5.16. The Bertz CT molecular complexity index is 672. The van der Waals surface area contributed by atoms with Crippen LogP contribution in [0.15, 0.2) is 36.7 Å². The van der Waals surface area contributed by atoms with Gasteiger partial charge in [0.1, 0.15) is 12.1 Å². The number of hydrogen-bond donors (Lipinski definition) is 2. The first-order valence-electron chi connectivity index (χ1n) is 7.01. The number of aliphatic carboxylic acids is 1. The molecule has 1 aliphatic rings. The van der Waals surface area contributed by atoms with Crippen molar-refractivity contribution in [2.45, 2.75) is 31.7 Å². The summed E-state index contributed by atoms with van der Waals surface area (Å²) in [7, 11) is 0. The number of carboxylic acid groups (broad SMARTS) is 1. The standard InChI is InChI=1S/C16H17N3O2/c1-16(15(20)21,11-6-3-2-4-7-11)19-14-12-8-5-9-13(12)17-10-18-14/h2-4,6-7,10H,5,8-9H2,1H3,(H,20,21)(H,17,18,19). The van der Waals surface area contributed by atoms with Crippen LogP contribution in [0, 0.1) is 0 Å². The van der Waals surface area contributed by atoms with Gasteiger partial charge in [0.15, 0.2) is 5.54 Å². The zero-order valence-electron chi connectivity index (χ0n) is 11.8. The first-order chi connectivity index (χ1) is 10.1. The molecule has 2 N–H and O–H groups in total. The Kier molecular flexibility index (Phi) is 3.33. The minimum Gasteiger partial charge on any atom is -0.479 e. The molecule has 0 amide bonds. The van der Waals surface area contributed by atoms with Gasteiger partial charge in [-0.2, -0.15) is 0 Å². The quantitative estimate of drug-likeness (QED) is 0.901. The van der Waals surface area contributed by atoms with E-state index in [1.54, 1.807) is 6.92 Å². The molecule has 0 bridgehead atoms. The van der Waals surface area contributed by atoms with E-state index in [4.69, 9.17) is 0 Å². The first-order valence-corrected chi connectivity index (χ1v) is 7.01. The van der Waals surface area contributed by atoms with Crippen LogP contribution in [0.3, 0.4) is 0 Å². The Balaban J connectivity index is 2.01. The molecule has 0 saturated heterocycles. The number of carboxylic acids is 1. The summed E-state index contributed by atoms with van der Waals surface area (Å²) in [6.07, 6.45) is 4.36. The van der Waals surface area contributed by atoms with Gasteiger partial charge in [0.05, 0.1) is 0 Å². The molecule has 1 aromatic carbocycles. The number of fused-ring (bicyclic) bond motifs is 1. The minimum absolute atomic E-state index is 0.631. The second-order valence-electron chi connectivity index (χ2n) is 5.42. The van der Waals surface area contributed by atoms with Crippen molar-refractivity contribution < 1.29 is 9.90 Å². The van der Waals surface area contributed by atoms with Crippen LogP contribution in [-0.2, 0) is 23.2 Å². The number of benzene rings is 1. The number of rotatable bonds is 4. The molecule has 3 rings (SSSR count). The van der Waals surface area contributed by atoms with Gasteiger partial charge in [0.25, 0.3) is 0 Å². The van der Waals surface area contributed by atoms with E-state index in [9.17, 15) is 9.90 Å². The largest absolute Gasteiger partial charge is 0.479 e. The number of nitrogens with one attached hydrogen (secondary N) is 1. The number of carbonyl (C=O) groups is 1. The van der Waals surface area contributed by atoms with E-state index in [2.05, 4.69) is 15.3 Å². The van der Waals surface area contributed by atoms with Gasteiger partial charge in [-0.25, -0.2) is 14.8 Å². The van der Waals surface area contributed by atoms with Gasteiger partial charge in [-0.1, -0.05) is 30.3 Å². The van der Waals surface area contributed by atoms with Crippen molar-refractivity contribution in [2.24, 2.45) is 0 Å². The Morgan fingerprint density at radius 2 is 2.00 bits per heavy atom. The first kappa shape index (κ1) is 13.5. The van der Waals surface area contributed by atoms with E-state index in [-0.39, 0.29) is 0 Å². The Hall–Kier alpha value is -2.43. The molecule has 2 aromatic rings. The molecule has 1 unspecified atom stereocenters. The Morgan fingerprint density at radius 1 is 1.24 bits per heavy atom. The maximum atomic E-state index is 11.8. The number of hydrogen-bond acceptors (Lipinski definition) is 4. The molecule has 1 atom stereocenters. The van der Waals surface area contributed by atoms with Crippen LogP contribution in [0.1, 0.15) is 30.2 Å². The fraction of sp³-hybridized carbons (Fsp3) is 0.312. The van der Waals surface area contributed by atoms with Crippen LogP contribution in [0.2, 0.25) is 0 Å². The monoisotopic (exact) mass is 283 g/mol. The minimum atomic E-state index is -1.22. The third-order valence-corrected chi connectivity index (χ3v) is 4.02. The average molecular weight is 283 g/mol. The number of nitrogens with zero attached hydrogens (tertiary/aromatic N) is 2. The number of anilines is 1. The lowest BCUT2D eigenvalue weighted by Gasteiger charge is -2.28. The summed E-state index contributed by atoms with van der Waals surface area (Å²) in [4.78, 5) is 20.3. The van der Waals surface area contributed by atoms with Crippen molar-refractivity contribution in [1.29, 1.82) is 0 Å². The van der Waals surface area contributed by atoms with Crippen LogP contribution in [0.5, 0.6) is 0 Å². The van der Waals surface area contributed by atoms with Crippen LogP contribution < -0.4 is 5.32 Å². The van der Waals surface area contributed by atoms with E-state index >= 15 is 0 Å². The van der Waals surface area contributed by atoms with Crippen LogP contribution >= 0.6 is 0 Å². The SMILES string of the molecule is CC(Nc1ncnc2c1CCC2)(C(=O)O)c1ccccc1. The summed E-state index contributed by atoms with van der Waals surface area (Å²) in [5, 5.41) is 12.8. The lowest BCUT2D eigenvalue weighted by molar-refractivity contribution is -0.142. The van der Waals surface area contributed by atoms with E-state index in [0.29, 0.717) is 11.4 Å². The van der Waals surface area contributed by atoms with Gasteiger partial charge in [-0.05, 0) is 31.7 Å². The molecule has 21 heavy (non-hydrogen) atoms. The van der Waals surface area contributed by atoms with Crippen LogP contribution in [0.25, 0.3) is 0 Å². The van der Waals surface area contributed by atoms with Crippen LogP contribution in [0.4, 0.5) is 5.82 Å². The smallest absolute Gasteiger partial charge is 0.333 e. The molecule has 0 spiro atoms. The van der Waals surface area contributed by atoms with Gasteiger partial charge in [-0.3, -0.25) is 0 Å². The van der Waals surface area contributed by atoms with Gasteiger partial charge < -0.3 is 10.4 Å². The highest BCUT2D eigenvalue weighted by Crippen LogP contribution is 2.31. The van der Waals surface area contributed by atoms with E-state index < -0.39 is 11.5 Å². The molecule has 5 nitrogen and oxygen atoms in total. The van der Waals surface area contributed by atoms with Gasteiger partial charge >= 0.3 is 5.97 Å². The predicted octanol–water partition coefficient (Wildman–Crippen LogP) is 2.38. The maximum absolute atomic E-state index is 11.8. The zero-order chi connectivity index (χ0) is 14.9. The summed E-state index contributed by atoms with van der Waals surface area (Å²) in [5.74, 6) is -0.301. The summed E-state index contributed by atoms with van der Waals surface area (Å²) in [5.41, 5.74) is 1.54. The molecule has 0 saturated carbocycles. The predicted molar refractivity (Wildman–Crippen MR) is 79.1 cm³/mol. The Labute approximate surface area is 123 Å². The molecule has 108 valence electrons. The number of aryl methyl sites for hydroxylation is 1. The maximum Gasteiger partial charge on any atom is 0.333 e. The van der Waals surface area contributed by atoms with Crippen molar-refractivity contribution in [3.63, 3.8) is 0 Å². The fourth-order valence-electron chi connectivity index (χ4n) is 2.72.